The van der Waals surface area contributed by atoms with Crippen molar-refractivity contribution in [2.75, 3.05) is 11.9 Å². The van der Waals surface area contributed by atoms with Crippen LogP contribution in [0, 0.1) is 5.92 Å². The summed E-state index contributed by atoms with van der Waals surface area (Å²) in [5.74, 6) is 1.08. The summed E-state index contributed by atoms with van der Waals surface area (Å²) >= 11 is 0. The Kier molecular flexibility index (Phi) is 3.61. The minimum absolute atomic E-state index is 0.0401. The smallest absolute Gasteiger partial charge is 0.348 e. The quantitative estimate of drug-likeness (QED) is 0.707. The van der Waals surface area contributed by atoms with Crippen LogP contribution in [0.2, 0.25) is 0 Å². The van der Waals surface area contributed by atoms with Crippen molar-refractivity contribution in [2.45, 2.75) is 26.3 Å². The van der Waals surface area contributed by atoms with Gasteiger partial charge in [0, 0.05) is 6.07 Å². The molecule has 0 aliphatic heterocycles. The third kappa shape index (κ3) is 2.67. The molecule has 0 radical (unpaired) electrons. The summed E-state index contributed by atoms with van der Waals surface area (Å²) in [6.07, 6.45) is 2.25. The number of nitrogens with one attached hydrogen (secondary N) is 2. The Morgan fingerprint density at radius 1 is 1.56 bits per heavy atom. The number of hydrogen-bond acceptors (Lipinski definition) is 5. The summed E-state index contributed by atoms with van der Waals surface area (Å²) in [7, 11) is 0. The summed E-state index contributed by atoms with van der Waals surface area (Å²) in [5.41, 5.74) is 0.184. The van der Waals surface area contributed by atoms with Crippen LogP contribution in [0.1, 0.15) is 20.3 Å². The van der Waals surface area contributed by atoms with Crippen LogP contribution in [-0.4, -0.2) is 37.3 Å². The van der Waals surface area contributed by atoms with Crippen LogP contribution in [0.25, 0.3) is 5.65 Å². The Morgan fingerprint density at radius 2 is 2.33 bits per heavy atom. The molecule has 0 aliphatic rings. The molecule has 2 aromatic heterocycles. The van der Waals surface area contributed by atoms with Crippen molar-refractivity contribution in [3.05, 3.63) is 22.9 Å². The van der Waals surface area contributed by atoms with Gasteiger partial charge >= 0.3 is 5.69 Å². The lowest BCUT2D eigenvalue weighted by Crippen LogP contribution is -2.26. The fourth-order valence-corrected chi connectivity index (χ4v) is 1.85. The molecule has 7 nitrogen and oxygen atoms in total. The summed E-state index contributed by atoms with van der Waals surface area (Å²) < 4.78 is 1.32. The molecule has 98 valence electrons. The number of aromatic nitrogens is 4. The van der Waals surface area contributed by atoms with Crippen LogP contribution < -0.4 is 11.0 Å². The predicted octanol–water partition coefficient (Wildman–Crippen LogP) is 0.236. The zero-order valence-electron chi connectivity index (χ0n) is 10.4. The SMILES string of the molecule is CC(C)CC(CO)Nc1cc2n[nH]c(=O)n2cn1. The second kappa shape index (κ2) is 5.18. The molecule has 0 spiro atoms. The first kappa shape index (κ1) is 12.6. The summed E-state index contributed by atoms with van der Waals surface area (Å²) in [6, 6.07) is 1.62. The maximum atomic E-state index is 11.3. The molecule has 0 saturated heterocycles. The maximum absolute atomic E-state index is 11.3. The van der Waals surface area contributed by atoms with Crippen molar-refractivity contribution in [1.82, 2.24) is 19.6 Å². The Bertz CT molecular complexity index is 574. The van der Waals surface area contributed by atoms with Gasteiger partial charge in [0.15, 0.2) is 5.65 Å². The molecule has 2 rings (SSSR count). The third-order valence-electron chi connectivity index (χ3n) is 2.64. The first-order valence-electron chi connectivity index (χ1n) is 5.90. The molecule has 3 N–H and O–H groups in total. The molecule has 1 atom stereocenters. The lowest BCUT2D eigenvalue weighted by atomic mass is 10.0. The van der Waals surface area contributed by atoms with Gasteiger partial charge in [0.05, 0.1) is 12.6 Å². The van der Waals surface area contributed by atoms with Crippen LogP contribution in [0.3, 0.4) is 0 Å². The fraction of sp³-hybridized carbons (Fsp3) is 0.545. The highest BCUT2D eigenvalue weighted by molar-refractivity contribution is 5.48. The largest absolute Gasteiger partial charge is 0.394 e. The number of fused-ring (bicyclic) bond motifs is 1. The van der Waals surface area contributed by atoms with Gasteiger partial charge in [0.2, 0.25) is 0 Å². The van der Waals surface area contributed by atoms with E-state index in [1.807, 2.05) is 0 Å². The minimum atomic E-state index is -0.315. The zero-order valence-corrected chi connectivity index (χ0v) is 10.4. The number of aliphatic hydroxyl groups is 1. The fourth-order valence-electron chi connectivity index (χ4n) is 1.85. The predicted molar refractivity (Wildman–Crippen MR) is 67.6 cm³/mol. The highest BCUT2D eigenvalue weighted by Gasteiger charge is 2.11. The first-order valence-corrected chi connectivity index (χ1v) is 5.90. The van der Waals surface area contributed by atoms with E-state index >= 15 is 0 Å². The average Bonchev–Trinajstić information content (AvgIpc) is 2.69. The maximum Gasteiger partial charge on any atom is 0.348 e. The summed E-state index contributed by atoms with van der Waals surface area (Å²) in [4.78, 5) is 15.4. The third-order valence-corrected chi connectivity index (χ3v) is 2.64. The normalized spacial score (nSPS) is 13.1. The summed E-state index contributed by atoms with van der Waals surface area (Å²) in [5, 5.41) is 18.6. The number of aromatic amines is 1. The van der Waals surface area contributed by atoms with E-state index in [9.17, 15) is 9.90 Å². The van der Waals surface area contributed by atoms with Crippen LogP contribution in [0.5, 0.6) is 0 Å². The van der Waals surface area contributed by atoms with Crippen molar-refractivity contribution < 1.29 is 5.11 Å². The van der Waals surface area contributed by atoms with Gasteiger partial charge in [0.1, 0.15) is 12.1 Å². The molecular weight excluding hydrogens is 234 g/mol. The van der Waals surface area contributed by atoms with Gasteiger partial charge in [-0.3, -0.25) is 0 Å². The van der Waals surface area contributed by atoms with Crippen LogP contribution >= 0.6 is 0 Å². The molecule has 0 fully saturated rings. The number of aliphatic hydroxyl groups excluding tert-OH is 1. The molecule has 2 heterocycles. The number of rotatable bonds is 5. The molecule has 0 bridgehead atoms. The standard InChI is InChI=1S/C11H17N5O2/c1-7(2)3-8(5-17)13-9-4-10-14-15-11(18)16(10)6-12-9/h4,6-8,13,17H,3,5H2,1-2H3,(H,15,18). The number of hydrogen-bond donors (Lipinski definition) is 3. The van der Waals surface area contributed by atoms with E-state index in [0.29, 0.717) is 17.4 Å². The van der Waals surface area contributed by atoms with E-state index in [2.05, 4.69) is 34.3 Å². The van der Waals surface area contributed by atoms with Gasteiger partial charge in [-0.2, -0.15) is 5.10 Å². The van der Waals surface area contributed by atoms with Gasteiger partial charge in [-0.1, -0.05) is 13.8 Å². The van der Waals surface area contributed by atoms with Crippen LogP contribution in [0.4, 0.5) is 5.82 Å². The zero-order chi connectivity index (χ0) is 13.1. The van der Waals surface area contributed by atoms with Gasteiger partial charge < -0.3 is 10.4 Å². The highest BCUT2D eigenvalue weighted by atomic mass is 16.3. The lowest BCUT2D eigenvalue weighted by Gasteiger charge is -2.18. The van der Waals surface area contributed by atoms with Crippen molar-refractivity contribution in [3.8, 4) is 0 Å². The van der Waals surface area contributed by atoms with Crippen LogP contribution in [0.15, 0.2) is 17.2 Å². The molecule has 1 unspecified atom stereocenters. The van der Waals surface area contributed by atoms with E-state index < -0.39 is 0 Å². The van der Waals surface area contributed by atoms with Crippen molar-refractivity contribution >= 4 is 11.5 Å². The molecule has 0 saturated carbocycles. The topological polar surface area (TPSA) is 95.3 Å². The van der Waals surface area contributed by atoms with E-state index in [-0.39, 0.29) is 18.3 Å². The van der Waals surface area contributed by atoms with Crippen molar-refractivity contribution in [2.24, 2.45) is 5.92 Å². The van der Waals surface area contributed by atoms with Gasteiger partial charge in [-0.05, 0) is 12.3 Å². The van der Waals surface area contributed by atoms with E-state index in [1.54, 1.807) is 6.07 Å². The number of anilines is 1. The van der Waals surface area contributed by atoms with Gasteiger partial charge in [0.25, 0.3) is 0 Å². The second-order valence-corrected chi connectivity index (χ2v) is 4.68. The van der Waals surface area contributed by atoms with Crippen molar-refractivity contribution in [3.63, 3.8) is 0 Å². The average molecular weight is 251 g/mol. The second-order valence-electron chi connectivity index (χ2n) is 4.68. The first-order chi connectivity index (χ1) is 8.60. The van der Waals surface area contributed by atoms with E-state index in [1.165, 1.54) is 10.7 Å². The van der Waals surface area contributed by atoms with Gasteiger partial charge in [-0.15, -0.1) is 0 Å². The molecule has 0 amide bonds. The molecule has 18 heavy (non-hydrogen) atoms. The highest BCUT2D eigenvalue weighted by Crippen LogP contribution is 2.11. The molecule has 7 heteroatoms. The number of H-pyrrole nitrogens is 1. The van der Waals surface area contributed by atoms with Gasteiger partial charge in [-0.25, -0.2) is 19.3 Å². The monoisotopic (exact) mass is 251 g/mol. The van der Waals surface area contributed by atoms with Crippen molar-refractivity contribution in [1.29, 1.82) is 0 Å². The minimum Gasteiger partial charge on any atom is -0.394 e. The van der Waals surface area contributed by atoms with E-state index in [4.69, 9.17) is 0 Å². The molecule has 0 aliphatic carbocycles. The van der Waals surface area contributed by atoms with Crippen LogP contribution in [-0.2, 0) is 0 Å². The molecule has 0 aromatic carbocycles. The Morgan fingerprint density at radius 3 is 3.00 bits per heavy atom. The Labute approximate surface area is 104 Å². The Hall–Kier alpha value is -1.89. The van der Waals surface area contributed by atoms with E-state index in [0.717, 1.165) is 6.42 Å². The lowest BCUT2D eigenvalue weighted by molar-refractivity contribution is 0.259. The molecular formula is C11H17N5O2. The Balaban J connectivity index is 2.18. The molecule has 2 aromatic rings. The summed E-state index contributed by atoms with van der Waals surface area (Å²) in [6.45, 7) is 4.22. The number of nitrogens with zero attached hydrogens (tertiary/aromatic N) is 3.